The van der Waals surface area contributed by atoms with E-state index in [0.717, 1.165) is 11.1 Å². The van der Waals surface area contributed by atoms with Gasteiger partial charge < -0.3 is 4.74 Å². The first-order chi connectivity index (χ1) is 9.91. The lowest BCUT2D eigenvalue weighted by atomic mass is 9.81. The summed E-state index contributed by atoms with van der Waals surface area (Å²) >= 11 is 0. The molecule has 0 saturated heterocycles. The number of carbonyl (C=O) groups is 1. The maximum atomic E-state index is 12.2. The SMILES string of the molecule is CC(C)C(C)(C)C(=O)Oc1ccc(-c2ccccc2)cc1. The van der Waals surface area contributed by atoms with Crippen LogP contribution in [0.25, 0.3) is 11.1 Å². The second-order valence-corrected chi connectivity index (χ2v) is 6.16. The van der Waals surface area contributed by atoms with Gasteiger partial charge in [-0.15, -0.1) is 0 Å². The Morgan fingerprint density at radius 1 is 0.905 bits per heavy atom. The van der Waals surface area contributed by atoms with E-state index in [1.807, 2.05) is 70.2 Å². The van der Waals surface area contributed by atoms with Gasteiger partial charge in [-0.3, -0.25) is 4.79 Å². The third-order valence-corrected chi connectivity index (χ3v) is 4.14. The maximum absolute atomic E-state index is 12.2. The third-order valence-electron chi connectivity index (χ3n) is 4.14. The first-order valence-electron chi connectivity index (χ1n) is 7.29. The lowest BCUT2D eigenvalue weighted by Crippen LogP contribution is -2.33. The van der Waals surface area contributed by atoms with Crippen molar-refractivity contribution in [2.45, 2.75) is 27.7 Å². The molecule has 0 atom stereocenters. The maximum Gasteiger partial charge on any atom is 0.317 e. The molecular weight excluding hydrogens is 260 g/mol. The Morgan fingerprint density at radius 3 is 1.95 bits per heavy atom. The van der Waals surface area contributed by atoms with Crippen molar-refractivity contribution in [2.75, 3.05) is 0 Å². The summed E-state index contributed by atoms with van der Waals surface area (Å²) in [5.74, 6) is 0.631. The first kappa shape index (κ1) is 15.3. The van der Waals surface area contributed by atoms with Crippen molar-refractivity contribution in [2.24, 2.45) is 11.3 Å². The van der Waals surface area contributed by atoms with Crippen LogP contribution in [-0.2, 0) is 4.79 Å². The highest BCUT2D eigenvalue weighted by Crippen LogP contribution is 2.29. The zero-order valence-electron chi connectivity index (χ0n) is 13.1. The van der Waals surface area contributed by atoms with E-state index in [9.17, 15) is 4.79 Å². The van der Waals surface area contributed by atoms with Crippen LogP contribution in [0, 0.1) is 11.3 Å². The summed E-state index contributed by atoms with van der Waals surface area (Å²) in [5.41, 5.74) is 1.77. The number of hydrogen-bond acceptors (Lipinski definition) is 2. The molecule has 2 rings (SSSR count). The molecule has 0 aliphatic heterocycles. The molecule has 0 fully saturated rings. The fraction of sp³-hybridized carbons (Fsp3) is 0.316. The fourth-order valence-corrected chi connectivity index (χ4v) is 1.82. The largest absolute Gasteiger partial charge is 0.426 e. The van der Waals surface area contributed by atoms with Gasteiger partial charge in [0.2, 0.25) is 0 Å². The van der Waals surface area contributed by atoms with Gasteiger partial charge in [0.05, 0.1) is 5.41 Å². The molecule has 2 aromatic carbocycles. The van der Waals surface area contributed by atoms with E-state index in [4.69, 9.17) is 4.74 Å². The number of esters is 1. The molecule has 21 heavy (non-hydrogen) atoms. The molecule has 0 aromatic heterocycles. The van der Waals surface area contributed by atoms with Crippen molar-refractivity contribution in [3.63, 3.8) is 0 Å². The summed E-state index contributed by atoms with van der Waals surface area (Å²) in [6.45, 7) is 7.89. The van der Waals surface area contributed by atoms with Crippen LogP contribution in [0.3, 0.4) is 0 Å². The Bertz CT molecular complexity index is 595. The Morgan fingerprint density at radius 2 is 1.43 bits per heavy atom. The molecule has 0 radical (unpaired) electrons. The lowest BCUT2D eigenvalue weighted by molar-refractivity contribution is -0.146. The molecule has 0 unspecified atom stereocenters. The summed E-state index contributed by atoms with van der Waals surface area (Å²) in [6.07, 6.45) is 0. The van der Waals surface area contributed by atoms with Crippen LogP contribution in [0.2, 0.25) is 0 Å². The van der Waals surface area contributed by atoms with Crippen LogP contribution in [-0.4, -0.2) is 5.97 Å². The first-order valence-corrected chi connectivity index (χ1v) is 7.29. The molecule has 0 heterocycles. The zero-order chi connectivity index (χ0) is 15.5. The molecule has 0 saturated carbocycles. The minimum atomic E-state index is -0.488. The van der Waals surface area contributed by atoms with E-state index in [1.165, 1.54) is 0 Å². The van der Waals surface area contributed by atoms with E-state index in [2.05, 4.69) is 12.1 Å². The third kappa shape index (κ3) is 3.52. The second-order valence-electron chi connectivity index (χ2n) is 6.16. The minimum Gasteiger partial charge on any atom is -0.426 e. The lowest BCUT2D eigenvalue weighted by Gasteiger charge is -2.26. The van der Waals surface area contributed by atoms with Gasteiger partial charge in [0, 0.05) is 0 Å². The molecule has 0 bridgehead atoms. The van der Waals surface area contributed by atoms with Gasteiger partial charge in [-0.05, 0) is 43.0 Å². The minimum absolute atomic E-state index is 0.190. The quantitative estimate of drug-likeness (QED) is 0.586. The van der Waals surface area contributed by atoms with Crippen molar-refractivity contribution in [3.05, 3.63) is 54.6 Å². The number of rotatable bonds is 4. The topological polar surface area (TPSA) is 26.3 Å². The van der Waals surface area contributed by atoms with Crippen LogP contribution >= 0.6 is 0 Å². The van der Waals surface area contributed by atoms with Crippen molar-refractivity contribution < 1.29 is 9.53 Å². The van der Waals surface area contributed by atoms with Crippen LogP contribution in [0.5, 0.6) is 5.75 Å². The number of ether oxygens (including phenoxy) is 1. The Hall–Kier alpha value is -2.09. The highest BCUT2D eigenvalue weighted by atomic mass is 16.5. The molecule has 110 valence electrons. The van der Waals surface area contributed by atoms with Gasteiger partial charge in [-0.2, -0.15) is 0 Å². The van der Waals surface area contributed by atoms with Gasteiger partial charge in [0.1, 0.15) is 5.75 Å². The highest BCUT2D eigenvalue weighted by molar-refractivity contribution is 5.78. The van der Waals surface area contributed by atoms with Crippen LogP contribution in [0.1, 0.15) is 27.7 Å². The smallest absolute Gasteiger partial charge is 0.317 e. The monoisotopic (exact) mass is 282 g/mol. The average molecular weight is 282 g/mol. The summed E-state index contributed by atoms with van der Waals surface area (Å²) in [7, 11) is 0. The predicted octanol–water partition coefficient (Wildman–Crippen LogP) is 4.94. The molecule has 0 N–H and O–H groups in total. The number of carbonyl (C=O) groups excluding carboxylic acids is 1. The van der Waals surface area contributed by atoms with E-state index >= 15 is 0 Å². The molecule has 0 aliphatic rings. The van der Waals surface area contributed by atoms with E-state index in [0.29, 0.717) is 5.75 Å². The predicted molar refractivity (Wildman–Crippen MR) is 86.1 cm³/mol. The molecule has 0 aliphatic carbocycles. The van der Waals surface area contributed by atoms with E-state index in [-0.39, 0.29) is 11.9 Å². The molecule has 2 heteroatoms. The van der Waals surface area contributed by atoms with Crippen molar-refractivity contribution in [1.29, 1.82) is 0 Å². The summed E-state index contributed by atoms with van der Waals surface area (Å²) < 4.78 is 5.49. The van der Waals surface area contributed by atoms with Crippen LogP contribution < -0.4 is 4.74 Å². The van der Waals surface area contributed by atoms with Crippen LogP contribution in [0.15, 0.2) is 54.6 Å². The van der Waals surface area contributed by atoms with Crippen molar-refractivity contribution in [1.82, 2.24) is 0 Å². The fourth-order valence-electron chi connectivity index (χ4n) is 1.82. The Balaban J connectivity index is 2.12. The average Bonchev–Trinajstić information content (AvgIpc) is 2.48. The van der Waals surface area contributed by atoms with Crippen molar-refractivity contribution >= 4 is 5.97 Å². The number of benzene rings is 2. The molecule has 0 spiro atoms. The molecule has 2 aromatic rings. The molecule has 2 nitrogen and oxygen atoms in total. The van der Waals surface area contributed by atoms with Gasteiger partial charge >= 0.3 is 5.97 Å². The highest BCUT2D eigenvalue weighted by Gasteiger charge is 2.33. The van der Waals surface area contributed by atoms with Crippen molar-refractivity contribution in [3.8, 4) is 16.9 Å². The zero-order valence-corrected chi connectivity index (χ0v) is 13.1. The second kappa shape index (κ2) is 6.13. The Kier molecular flexibility index (Phi) is 4.46. The summed E-state index contributed by atoms with van der Waals surface area (Å²) in [6, 6.07) is 17.8. The number of hydrogen-bond donors (Lipinski definition) is 0. The van der Waals surface area contributed by atoms with Gasteiger partial charge in [0.25, 0.3) is 0 Å². The van der Waals surface area contributed by atoms with Gasteiger partial charge in [-0.25, -0.2) is 0 Å². The standard InChI is InChI=1S/C19H22O2/c1-14(2)19(3,4)18(20)21-17-12-10-16(11-13-17)15-8-6-5-7-9-15/h5-14H,1-4H3. The molecular formula is C19H22O2. The normalized spacial score (nSPS) is 11.5. The van der Waals surface area contributed by atoms with E-state index < -0.39 is 5.41 Å². The van der Waals surface area contributed by atoms with Gasteiger partial charge in [-0.1, -0.05) is 56.3 Å². The summed E-state index contributed by atoms with van der Waals surface area (Å²) in [5, 5.41) is 0. The summed E-state index contributed by atoms with van der Waals surface area (Å²) in [4.78, 5) is 12.2. The Labute approximate surface area is 126 Å². The van der Waals surface area contributed by atoms with Crippen LogP contribution in [0.4, 0.5) is 0 Å². The van der Waals surface area contributed by atoms with Gasteiger partial charge in [0.15, 0.2) is 0 Å². The van der Waals surface area contributed by atoms with E-state index in [1.54, 1.807) is 0 Å². The molecule has 0 amide bonds.